The number of hydrogen-bond donors (Lipinski definition) is 0. The molecule has 0 aliphatic heterocycles. The maximum absolute atomic E-state index is 5.47. The molecule has 0 aromatic rings. The minimum absolute atomic E-state index is 0.536. The van der Waals surface area contributed by atoms with Crippen LogP contribution in [0.5, 0.6) is 0 Å². The van der Waals surface area contributed by atoms with E-state index in [0.29, 0.717) is 5.92 Å². The van der Waals surface area contributed by atoms with Gasteiger partial charge in [0.25, 0.3) is 0 Å². The summed E-state index contributed by atoms with van der Waals surface area (Å²) >= 11 is 1.94. The summed E-state index contributed by atoms with van der Waals surface area (Å²) in [5, 5.41) is 0.733. The molecular weight excluding hydrogens is 152 g/mol. The Morgan fingerprint density at radius 2 is 2.18 bits per heavy atom. The molecule has 0 heterocycles. The van der Waals surface area contributed by atoms with Crippen molar-refractivity contribution < 1.29 is 0 Å². The van der Waals surface area contributed by atoms with E-state index in [9.17, 15) is 0 Å². The fourth-order valence-corrected chi connectivity index (χ4v) is 2.70. The molecule has 1 rings (SSSR count). The molecule has 0 saturated heterocycles. The van der Waals surface area contributed by atoms with Crippen molar-refractivity contribution in [2.45, 2.75) is 31.4 Å². The van der Waals surface area contributed by atoms with Gasteiger partial charge in [0.15, 0.2) is 0 Å². The molecule has 1 saturated carbocycles. The van der Waals surface area contributed by atoms with Gasteiger partial charge < -0.3 is 0 Å². The van der Waals surface area contributed by atoms with Crippen LogP contribution < -0.4 is 0 Å². The van der Waals surface area contributed by atoms with Gasteiger partial charge in [-0.2, -0.15) is 11.8 Å². The summed E-state index contributed by atoms with van der Waals surface area (Å²) in [4.78, 5) is 0. The Morgan fingerprint density at radius 1 is 1.45 bits per heavy atom. The molecule has 0 amide bonds. The lowest BCUT2D eigenvalue weighted by Gasteiger charge is -2.30. The summed E-state index contributed by atoms with van der Waals surface area (Å²) < 4.78 is 0. The fraction of sp³-hybridized carbons (Fsp3) is 0.800. The highest BCUT2D eigenvalue weighted by Crippen LogP contribution is 2.34. The highest BCUT2D eigenvalue weighted by Gasteiger charge is 2.25. The third-order valence-corrected chi connectivity index (χ3v) is 3.74. The molecule has 2 unspecified atom stereocenters. The number of rotatable bonds is 1. The smallest absolute Gasteiger partial charge is 0.0321 e. The molecule has 62 valence electrons. The first kappa shape index (κ1) is 9.00. The minimum atomic E-state index is 0.536. The SMILES string of the molecule is C#CC1C[C@@H](C)CCC1SC. The van der Waals surface area contributed by atoms with Crippen LogP contribution in [0.2, 0.25) is 0 Å². The zero-order valence-electron chi connectivity index (χ0n) is 7.34. The normalized spacial score (nSPS) is 38.1. The Balaban J connectivity index is 2.50. The average Bonchev–Trinajstić information content (AvgIpc) is 2.04. The molecule has 0 aromatic heterocycles. The standard InChI is InChI=1S/C10H16S/c1-4-9-7-8(2)5-6-10(9)11-3/h1,8-10H,5-7H2,2-3H3/t8-,9?,10?/m0/s1. The third kappa shape index (κ3) is 2.17. The van der Waals surface area contributed by atoms with Gasteiger partial charge in [0.05, 0.1) is 0 Å². The molecule has 0 spiro atoms. The predicted octanol–water partition coefficient (Wildman–Crippen LogP) is 2.79. The largest absolute Gasteiger partial charge is 0.161 e. The van der Waals surface area contributed by atoms with E-state index in [2.05, 4.69) is 19.1 Å². The van der Waals surface area contributed by atoms with Crippen LogP contribution in [0, 0.1) is 24.2 Å². The predicted molar refractivity (Wildman–Crippen MR) is 52.6 cm³/mol. The van der Waals surface area contributed by atoms with Crippen LogP contribution in [-0.2, 0) is 0 Å². The van der Waals surface area contributed by atoms with E-state index in [1.165, 1.54) is 19.3 Å². The summed E-state index contributed by atoms with van der Waals surface area (Å²) in [6, 6.07) is 0. The number of thioether (sulfide) groups is 1. The monoisotopic (exact) mass is 168 g/mol. The summed E-state index contributed by atoms with van der Waals surface area (Å²) in [5.74, 6) is 4.30. The summed E-state index contributed by atoms with van der Waals surface area (Å²) in [6.07, 6.45) is 11.6. The fourth-order valence-electron chi connectivity index (χ4n) is 1.81. The van der Waals surface area contributed by atoms with Crippen molar-refractivity contribution in [3.05, 3.63) is 0 Å². The Kier molecular flexibility index (Phi) is 3.33. The van der Waals surface area contributed by atoms with Crippen molar-refractivity contribution in [2.24, 2.45) is 11.8 Å². The quantitative estimate of drug-likeness (QED) is 0.543. The Hall–Kier alpha value is -0.0900. The van der Waals surface area contributed by atoms with Crippen LogP contribution in [0.1, 0.15) is 26.2 Å². The molecule has 1 fully saturated rings. The van der Waals surface area contributed by atoms with E-state index < -0.39 is 0 Å². The molecule has 11 heavy (non-hydrogen) atoms. The van der Waals surface area contributed by atoms with Crippen LogP contribution in [0.25, 0.3) is 0 Å². The molecule has 1 heteroatoms. The number of terminal acetylenes is 1. The van der Waals surface area contributed by atoms with Gasteiger partial charge in [-0.3, -0.25) is 0 Å². The van der Waals surface area contributed by atoms with Gasteiger partial charge in [-0.25, -0.2) is 0 Å². The number of hydrogen-bond acceptors (Lipinski definition) is 1. The van der Waals surface area contributed by atoms with Crippen molar-refractivity contribution >= 4 is 11.8 Å². The average molecular weight is 168 g/mol. The first-order valence-corrected chi connectivity index (χ1v) is 5.55. The van der Waals surface area contributed by atoms with E-state index in [0.717, 1.165) is 11.2 Å². The van der Waals surface area contributed by atoms with Crippen LogP contribution in [0.4, 0.5) is 0 Å². The van der Waals surface area contributed by atoms with Gasteiger partial charge in [0.1, 0.15) is 0 Å². The zero-order chi connectivity index (χ0) is 8.27. The maximum atomic E-state index is 5.47. The van der Waals surface area contributed by atoms with Gasteiger partial charge in [0, 0.05) is 11.2 Å². The van der Waals surface area contributed by atoms with Crippen LogP contribution >= 0.6 is 11.8 Å². The van der Waals surface area contributed by atoms with E-state index >= 15 is 0 Å². The molecule has 1 aliphatic rings. The second-order valence-corrected chi connectivity index (χ2v) is 4.54. The lowest BCUT2D eigenvalue weighted by Crippen LogP contribution is -2.24. The molecule has 0 nitrogen and oxygen atoms in total. The van der Waals surface area contributed by atoms with Crippen LogP contribution in [0.3, 0.4) is 0 Å². The molecule has 1 aliphatic carbocycles. The highest BCUT2D eigenvalue weighted by molar-refractivity contribution is 7.99. The molecule has 3 atom stereocenters. The van der Waals surface area contributed by atoms with Gasteiger partial charge in [0.2, 0.25) is 0 Å². The van der Waals surface area contributed by atoms with Crippen molar-refractivity contribution in [1.82, 2.24) is 0 Å². The highest BCUT2D eigenvalue weighted by atomic mass is 32.2. The first-order chi connectivity index (χ1) is 5.27. The van der Waals surface area contributed by atoms with Crippen LogP contribution in [0.15, 0.2) is 0 Å². The van der Waals surface area contributed by atoms with Gasteiger partial charge in [-0.1, -0.05) is 6.92 Å². The van der Waals surface area contributed by atoms with E-state index in [-0.39, 0.29) is 0 Å². The molecule has 0 bridgehead atoms. The van der Waals surface area contributed by atoms with Crippen LogP contribution in [-0.4, -0.2) is 11.5 Å². The Bertz CT molecular complexity index is 157. The second kappa shape index (κ2) is 4.07. The third-order valence-electron chi connectivity index (χ3n) is 2.57. The van der Waals surface area contributed by atoms with E-state index in [4.69, 9.17) is 6.42 Å². The maximum Gasteiger partial charge on any atom is 0.0321 e. The van der Waals surface area contributed by atoms with Crippen molar-refractivity contribution in [2.75, 3.05) is 6.26 Å². The summed E-state index contributed by atoms with van der Waals surface area (Å²) in [7, 11) is 0. The molecule has 0 aromatic carbocycles. The molecule has 0 radical (unpaired) electrons. The molecule has 0 N–H and O–H groups in total. The van der Waals surface area contributed by atoms with E-state index in [1.54, 1.807) is 0 Å². The Morgan fingerprint density at radius 3 is 2.73 bits per heavy atom. The molecular formula is C10H16S. The summed E-state index contributed by atoms with van der Waals surface area (Å²) in [6.45, 7) is 2.31. The minimum Gasteiger partial charge on any atom is -0.161 e. The first-order valence-electron chi connectivity index (χ1n) is 4.26. The van der Waals surface area contributed by atoms with Gasteiger partial charge in [-0.05, 0) is 31.4 Å². The zero-order valence-corrected chi connectivity index (χ0v) is 8.16. The topological polar surface area (TPSA) is 0 Å². The Labute approximate surface area is 74.1 Å². The van der Waals surface area contributed by atoms with Crippen molar-refractivity contribution in [3.8, 4) is 12.3 Å². The second-order valence-electron chi connectivity index (χ2n) is 3.47. The van der Waals surface area contributed by atoms with E-state index in [1.807, 2.05) is 11.8 Å². The van der Waals surface area contributed by atoms with Crippen molar-refractivity contribution in [3.63, 3.8) is 0 Å². The van der Waals surface area contributed by atoms with Crippen molar-refractivity contribution in [1.29, 1.82) is 0 Å². The summed E-state index contributed by atoms with van der Waals surface area (Å²) in [5.41, 5.74) is 0. The van der Waals surface area contributed by atoms with Gasteiger partial charge in [-0.15, -0.1) is 12.3 Å². The van der Waals surface area contributed by atoms with Gasteiger partial charge >= 0.3 is 0 Å². The lowest BCUT2D eigenvalue weighted by molar-refractivity contribution is 0.342. The lowest BCUT2D eigenvalue weighted by atomic mass is 9.82.